The van der Waals surface area contributed by atoms with Gasteiger partial charge in [0.25, 0.3) is 0 Å². The molecule has 1 unspecified atom stereocenters. The van der Waals surface area contributed by atoms with E-state index in [0.717, 1.165) is 19.4 Å². The minimum absolute atomic E-state index is 0.219. The predicted octanol–water partition coefficient (Wildman–Crippen LogP) is 0.309. The van der Waals surface area contributed by atoms with Crippen LogP contribution in [-0.4, -0.2) is 22.6 Å². The fraction of sp³-hybridized carbons (Fsp3) is 0.556. The van der Waals surface area contributed by atoms with Crippen molar-refractivity contribution in [1.29, 1.82) is 0 Å². The first-order valence-corrected chi connectivity index (χ1v) is 4.77. The SMILES string of the molecule is CCC(N)CCNc1ccnc(=O)[nH]1. The molecule has 1 aromatic rings. The van der Waals surface area contributed by atoms with Gasteiger partial charge in [-0.1, -0.05) is 6.92 Å². The Morgan fingerprint density at radius 2 is 2.50 bits per heavy atom. The minimum atomic E-state index is -0.338. The first-order valence-electron chi connectivity index (χ1n) is 4.77. The molecule has 0 saturated heterocycles. The Kier molecular flexibility index (Phi) is 4.12. The van der Waals surface area contributed by atoms with Crippen molar-refractivity contribution in [3.63, 3.8) is 0 Å². The summed E-state index contributed by atoms with van der Waals surface area (Å²) in [4.78, 5) is 16.9. The van der Waals surface area contributed by atoms with Gasteiger partial charge >= 0.3 is 5.69 Å². The number of anilines is 1. The number of nitrogens with two attached hydrogens (primary N) is 1. The quantitative estimate of drug-likeness (QED) is 0.632. The van der Waals surface area contributed by atoms with E-state index in [4.69, 9.17) is 5.73 Å². The third kappa shape index (κ3) is 3.57. The van der Waals surface area contributed by atoms with Gasteiger partial charge in [0.15, 0.2) is 0 Å². The van der Waals surface area contributed by atoms with Crippen LogP contribution in [0.25, 0.3) is 0 Å². The van der Waals surface area contributed by atoms with Crippen LogP contribution in [-0.2, 0) is 0 Å². The number of rotatable bonds is 5. The van der Waals surface area contributed by atoms with Gasteiger partial charge in [-0.3, -0.25) is 4.98 Å². The monoisotopic (exact) mass is 196 g/mol. The molecule has 0 saturated carbocycles. The van der Waals surface area contributed by atoms with Crippen molar-refractivity contribution in [1.82, 2.24) is 9.97 Å². The molecule has 14 heavy (non-hydrogen) atoms. The van der Waals surface area contributed by atoms with Gasteiger partial charge in [0.2, 0.25) is 0 Å². The maximum Gasteiger partial charge on any atom is 0.346 e. The summed E-state index contributed by atoms with van der Waals surface area (Å²) in [5.41, 5.74) is 5.40. The van der Waals surface area contributed by atoms with Crippen molar-refractivity contribution in [3.8, 4) is 0 Å². The number of nitrogens with one attached hydrogen (secondary N) is 2. The van der Waals surface area contributed by atoms with E-state index in [-0.39, 0.29) is 11.7 Å². The van der Waals surface area contributed by atoms with Crippen molar-refractivity contribution in [2.75, 3.05) is 11.9 Å². The van der Waals surface area contributed by atoms with Gasteiger partial charge in [0.1, 0.15) is 5.82 Å². The van der Waals surface area contributed by atoms with E-state index in [0.29, 0.717) is 5.82 Å². The number of aromatic amines is 1. The normalized spacial score (nSPS) is 12.4. The number of hydrogen-bond acceptors (Lipinski definition) is 4. The fourth-order valence-electron chi connectivity index (χ4n) is 1.07. The molecule has 0 aliphatic rings. The van der Waals surface area contributed by atoms with E-state index < -0.39 is 0 Å². The van der Waals surface area contributed by atoms with Crippen LogP contribution >= 0.6 is 0 Å². The van der Waals surface area contributed by atoms with Gasteiger partial charge < -0.3 is 11.1 Å². The van der Waals surface area contributed by atoms with Crippen molar-refractivity contribution in [3.05, 3.63) is 22.7 Å². The predicted molar refractivity (Wildman–Crippen MR) is 56.2 cm³/mol. The van der Waals surface area contributed by atoms with Crippen molar-refractivity contribution in [2.45, 2.75) is 25.8 Å². The number of hydrogen-bond donors (Lipinski definition) is 3. The molecule has 78 valence electrons. The lowest BCUT2D eigenvalue weighted by Gasteiger charge is -2.09. The van der Waals surface area contributed by atoms with E-state index in [1.807, 2.05) is 0 Å². The average molecular weight is 196 g/mol. The lowest BCUT2D eigenvalue weighted by molar-refractivity contribution is 0.613. The molecule has 1 rings (SSSR count). The summed E-state index contributed by atoms with van der Waals surface area (Å²) >= 11 is 0. The van der Waals surface area contributed by atoms with Crippen LogP contribution in [0.2, 0.25) is 0 Å². The van der Waals surface area contributed by atoms with Gasteiger partial charge in [-0.05, 0) is 18.9 Å². The van der Waals surface area contributed by atoms with Crippen LogP contribution < -0.4 is 16.7 Å². The summed E-state index contributed by atoms with van der Waals surface area (Å²) < 4.78 is 0. The standard InChI is InChI=1S/C9H16N4O/c1-2-7(10)3-5-11-8-4-6-12-9(14)13-8/h4,6-7H,2-3,5,10H2,1H3,(H2,11,12,13,14). The molecule has 1 atom stereocenters. The largest absolute Gasteiger partial charge is 0.371 e. The van der Waals surface area contributed by atoms with Crippen LogP contribution in [0.1, 0.15) is 19.8 Å². The minimum Gasteiger partial charge on any atom is -0.371 e. The topological polar surface area (TPSA) is 83.8 Å². The highest BCUT2D eigenvalue weighted by molar-refractivity contribution is 5.31. The zero-order valence-corrected chi connectivity index (χ0v) is 8.29. The fourth-order valence-corrected chi connectivity index (χ4v) is 1.07. The molecule has 5 nitrogen and oxygen atoms in total. The molecule has 0 fully saturated rings. The second-order valence-corrected chi connectivity index (χ2v) is 3.17. The van der Waals surface area contributed by atoms with Gasteiger partial charge in [-0.25, -0.2) is 9.78 Å². The second-order valence-electron chi connectivity index (χ2n) is 3.17. The molecular formula is C9H16N4O. The van der Waals surface area contributed by atoms with Gasteiger partial charge in [0.05, 0.1) is 0 Å². The van der Waals surface area contributed by atoms with Crippen LogP contribution in [0, 0.1) is 0 Å². The Labute approximate surface area is 82.7 Å². The van der Waals surface area contributed by atoms with E-state index in [2.05, 4.69) is 22.2 Å². The van der Waals surface area contributed by atoms with E-state index in [1.165, 1.54) is 6.20 Å². The van der Waals surface area contributed by atoms with Gasteiger partial charge in [-0.2, -0.15) is 0 Å². The Morgan fingerprint density at radius 1 is 1.71 bits per heavy atom. The van der Waals surface area contributed by atoms with Crippen LogP contribution in [0.15, 0.2) is 17.1 Å². The molecule has 0 radical (unpaired) electrons. The highest BCUT2D eigenvalue weighted by atomic mass is 16.1. The lowest BCUT2D eigenvalue weighted by atomic mass is 10.2. The zero-order chi connectivity index (χ0) is 10.4. The summed E-state index contributed by atoms with van der Waals surface area (Å²) in [5.74, 6) is 0.688. The van der Waals surface area contributed by atoms with Crippen molar-refractivity contribution < 1.29 is 0 Å². The molecule has 1 aromatic heterocycles. The number of aromatic nitrogens is 2. The molecule has 0 aliphatic carbocycles. The number of H-pyrrole nitrogens is 1. The third-order valence-electron chi connectivity index (χ3n) is 2.03. The van der Waals surface area contributed by atoms with E-state index in [9.17, 15) is 4.79 Å². The number of nitrogens with zero attached hydrogens (tertiary/aromatic N) is 1. The van der Waals surface area contributed by atoms with E-state index >= 15 is 0 Å². The zero-order valence-electron chi connectivity index (χ0n) is 8.29. The average Bonchev–Trinajstić information content (AvgIpc) is 2.17. The van der Waals surface area contributed by atoms with Crippen LogP contribution in [0.5, 0.6) is 0 Å². The first-order chi connectivity index (χ1) is 6.72. The Bertz CT molecular complexity index is 323. The molecule has 0 amide bonds. The smallest absolute Gasteiger partial charge is 0.346 e. The summed E-state index contributed by atoms with van der Waals surface area (Å²) in [7, 11) is 0. The molecule has 0 aliphatic heterocycles. The molecule has 0 bridgehead atoms. The summed E-state index contributed by atoms with van der Waals surface area (Å²) in [6.07, 6.45) is 3.33. The van der Waals surface area contributed by atoms with E-state index in [1.54, 1.807) is 6.07 Å². The van der Waals surface area contributed by atoms with Gasteiger partial charge in [0, 0.05) is 18.8 Å². The van der Waals surface area contributed by atoms with Crippen molar-refractivity contribution >= 4 is 5.82 Å². The Hall–Kier alpha value is -1.36. The Balaban J connectivity index is 2.35. The highest BCUT2D eigenvalue weighted by Crippen LogP contribution is 1.98. The second kappa shape index (κ2) is 5.39. The molecule has 1 heterocycles. The molecule has 4 N–H and O–H groups in total. The van der Waals surface area contributed by atoms with Crippen LogP contribution in [0.3, 0.4) is 0 Å². The third-order valence-corrected chi connectivity index (χ3v) is 2.03. The molecule has 0 aromatic carbocycles. The van der Waals surface area contributed by atoms with Gasteiger partial charge in [-0.15, -0.1) is 0 Å². The summed E-state index contributed by atoms with van der Waals surface area (Å²) in [5, 5.41) is 3.08. The molecular weight excluding hydrogens is 180 g/mol. The lowest BCUT2D eigenvalue weighted by Crippen LogP contribution is -2.23. The maximum atomic E-state index is 10.8. The molecule has 5 heteroatoms. The summed E-state index contributed by atoms with van der Waals surface area (Å²) in [6.45, 7) is 2.81. The maximum absolute atomic E-state index is 10.8. The molecule has 0 spiro atoms. The summed E-state index contributed by atoms with van der Waals surface area (Å²) in [6, 6.07) is 1.94. The Morgan fingerprint density at radius 3 is 3.14 bits per heavy atom. The van der Waals surface area contributed by atoms with Crippen LogP contribution in [0.4, 0.5) is 5.82 Å². The first kappa shape index (κ1) is 10.7. The highest BCUT2D eigenvalue weighted by Gasteiger charge is 1.98. The van der Waals surface area contributed by atoms with Crippen molar-refractivity contribution in [2.24, 2.45) is 5.73 Å².